The summed E-state index contributed by atoms with van der Waals surface area (Å²) in [5, 5.41) is 1.20. The van der Waals surface area contributed by atoms with Gasteiger partial charge in [0.2, 0.25) is 0 Å². The van der Waals surface area contributed by atoms with Gasteiger partial charge in [-0.3, -0.25) is 14.5 Å². The van der Waals surface area contributed by atoms with Gasteiger partial charge < -0.3 is 4.74 Å². The molecule has 1 atom stereocenters. The number of Topliss-reactive ketones (excluding diaryl/α,β-unsaturated/α-hetero) is 1. The van der Waals surface area contributed by atoms with Gasteiger partial charge in [0.25, 0.3) is 5.91 Å². The van der Waals surface area contributed by atoms with Crippen molar-refractivity contribution in [1.29, 1.82) is 0 Å². The Morgan fingerprint density at radius 2 is 1.72 bits per heavy atom. The van der Waals surface area contributed by atoms with Crippen molar-refractivity contribution in [3.8, 4) is 0 Å². The van der Waals surface area contributed by atoms with Crippen LogP contribution >= 0.6 is 39.1 Å². The van der Waals surface area contributed by atoms with Crippen molar-refractivity contribution >= 4 is 50.8 Å². The second-order valence-electron chi connectivity index (χ2n) is 9.74. The van der Waals surface area contributed by atoms with Crippen LogP contribution in [0.1, 0.15) is 70.5 Å². The highest BCUT2D eigenvalue weighted by Gasteiger charge is 2.54. The number of fused-ring (bicyclic) bond motifs is 1. The topological polar surface area (TPSA) is 46.6 Å². The summed E-state index contributed by atoms with van der Waals surface area (Å²) in [5.41, 5.74) is 2.36. The van der Waals surface area contributed by atoms with E-state index in [9.17, 15) is 9.59 Å². The third-order valence-corrected chi connectivity index (χ3v) is 8.75. The maximum absolute atomic E-state index is 14.1. The number of ether oxygens (including phenoxy) is 1. The number of ketones is 1. The van der Waals surface area contributed by atoms with Crippen LogP contribution in [0.3, 0.4) is 0 Å². The quantitative estimate of drug-likeness (QED) is 0.251. The van der Waals surface area contributed by atoms with E-state index in [1.54, 1.807) is 17.0 Å². The molecule has 0 bridgehead atoms. The lowest BCUT2D eigenvalue weighted by atomic mass is 9.91. The number of carbonyl (C=O) groups excluding carboxylic acids is 2. The SMILES string of the molecule is CCC1(COC2(c3ccc(Cl)cc3)c3ccc(C(C)=O)cc3C(=O)N2Cc2ccc(Cl)cc2Br)CC1. The van der Waals surface area contributed by atoms with E-state index in [0.717, 1.165) is 40.4 Å². The fourth-order valence-corrected chi connectivity index (χ4v) is 5.87. The molecule has 1 amide bonds. The van der Waals surface area contributed by atoms with E-state index in [0.29, 0.717) is 27.8 Å². The van der Waals surface area contributed by atoms with Crippen molar-refractivity contribution in [2.24, 2.45) is 5.41 Å². The maximum Gasteiger partial charge on any atom is 0.257 e. The van der Waals surface area contributed by atoms with Crippen molar-refractivity contribution in [3.63, 3.8) is 0 Å². The number of amides is 1. The van der Waals surface area contributed by atoms with E-state index in [1.807, 2.05) is 48.5 Å². The number of nitrogens with zero attached hydrogens (tertiary/aromatic N) is 1. The van der Waals surface area contributed by atoms with Gasteiger partial charge >= 0.3 is 0 Å². The molecule has 2 aliphatic rings. The summed E-state index contributed by atoms with van der Waals surface area (Å²) in [4.78, 5) is 28.0. The molecule has 0 saturated heterocycles. The first kappa shape index (κ1) is 25.5. The van der Waals surface area contributed by atoms with Gasteiger partial charge in [0.15, 0.2) is 11.5 Å². The van der Waals surface area contributed by atoms with Crippen LogP contribution in [0.5, 0.6) is 0 Å². The minimum absolute atomic E-state index is 0.0922. The molecule has 36 heavy (non-hydrogen) atoms. The highest BCUT2D eigenvalue weighted by molar-refractivity contribution is 9.10. The zero-order valence-electron chi connectivity index (χ0n) is 20.1. The molecule has 1 fully saturated rings. The molecule has 186 valence electrons. The van der Waals surface area contributed by atoms with Crippen LogP contribution < -0.4 is 0 Å². The van der Waals surface area contributed by atoms with Gasteiger partial charge in [-0.1, -0.05) is 76.4 Å². The first-order valence-electron chi connectivity index (χ1n) is 12.0. The summed E-state index contributed by atoms with van der Waals surface area (Å²) in [6.45, 7) is 4.49. The van der Waals surface area contributed by atoms with Crippen LogP contribution in [0, 0.1) is 5.41 Å². The number of hydrogen-bond donors (Lipinski definition) is 0. The second kappa shape index (κ2) is 9.60. The smallest absolute Gasteiger partial charge is 0.257 e. The second-order valence-corrected chi connectivity index (χ2v) is 11.5. The average molecular weight is 587 g/mol. The molecule has 4 nitrogen and oxygen atoms in total. The number of rotatable bonds is 8. The molecule has 0 aromatic heterocycles. The van der Waals surface area contributed by atoms with Crippen LogP contribution in [0.2, 0.25) is 10.0 Å². The standard InChI is InChI=1S/C29H26BrCl2NO3/c1-3-28(12-13-28)17-36-29(21-6-9-22(31)10-7-21)25-11-5-19(18(2)34)14-24(25)27(35)33(29)16-20-4-8-23(32)15-26(20)30/h4-11,14-15H,3,12-13,16-17H2,1-2H3. The first-order chi connectivity index (χ1) is 17.2. The largest absolute Gasteiger partial charge is 0.346 e. The third-order valence-electron chi connectivity index (χ3n) is 7.52. The van der Waals surface area contributed by atoms with Crippen molar-refractivity contribution in [2.45, 2.75) is 45.4 Å². The van der Waals surface area contributed by atoms with Gasteiger partial charge in [-0.25, -0.2) is 0 Å². The number of halogens is 3. The van der Waals surface area contributed by atoms with Gasteiger partial charge in [-0.2, -0.15) is 0 Å². The van der Waals surface area contributed by atoms with Crippen LogP contribution in [-0.2, 0) is 17.0 Å². The van der Waals surface area contributed by atoms with Crippen LogP contribution in [-0.4, -0.2) is 23.2 Å². The van der Waals surface area contributed by atoms with E-state index >= 15 is 0 Å². The molecule has 1 saturated carbocycles. The molecule has 5 rings (SSSR count). The molecule has 0 radical (unpaired) electrons. The van der Waals surface area contributed by atoms with Crippen LogP contribution in [0.25, 0.3) is 0 Å². The molecule has 1 unspecified atom stereocenters. The van der Waals surface area contributed by atoms with Crippen molar-refractivity contribution in [2.75, 3.05) is 6.61 Å². The summed E-state index contributed by atoms with van der Waals surface area (Å²) in [6, 6.07) is 18.3. The van der Waals surface area contributed by atoms with Gasteiger partial charge in [0, 0.05) is 36.8 Å². The summed E-state index contributed by atoms with van der Waals surface area (Å²) >= 11 is 16.1. The third kappa shape index (κ3) is 4.41. The normalized spacial score (nSPS) is 19.9. The monoisotopic (exact) mass is 585 g/mol. The average Bonchev–Trinajstić information content (AvgIpc) is 3.61. The Balaban J connectivity index is 1.71. The first-order valence-corrected chi connectivity index (χ1v) is 13.6. The molecule has 1 aliphatic heterocycles. The Hall–Kier alpha value is -2.18. The molecule has 0 N–H and O–H groups in total. The zero-order valence-corrected chi connectivity index (χ0v) is 23.2. The fraction of sp³-hybridized carbons (Fsp3) is 0.310. The predicted octanol–water partition coefficient (Wildman–Crippen LogP) is 8.02. The minimum atomic E-state index is -1.17. The minimum Gasteiger partial charge on any atom is -0.346 e. The van der Waals surface area contributed by atoms with E-state index in [4.69, 9.17) is 27.9 Å². The zero-order chi connectivity index (χ0) is 25.7. The number of benzene rings is 3. The van der Waals surface area contributed by atoms with E-state index in [-0.39, 0.29) is 23.7 Å². The fourth-order valence-electron chi connectivity index (χ4n) is 4.93. The van der Waals surface area contributed by atoms with E-state index in [1.165, 1.54) is 6.92 Å². The van der Waals surface area contributed by atoms with Crippen molar-refractivity contribution < 1.29 is 14.3 Å². The van der Waals surface area contributed by atoms with Gasteiger partial charge in [0.1, 0.15) is 0 Å². The van der Waals surface area contributed by atoms with Gasteiger partial charge in [0.05, 0.1) is 13.2 Å². The Labute approximate surface area is 229 Å². The Kier molecular flexibility index (Phi) is 6.80. The Morgan fingerprint density at radius 3 is 2.33 bits per heavy atom. The molecule has 7 heteroatoms. The van der Waals surface area contributed by atoms with E-state index < -0.39 is 5.72 Å². The Morgan fingerprint density at radius 1 is 1.03 bits per heavy atom. The highest BCUT2D eigenvalue weighted by Crippen LogP contribution is 2.53. The Bertz CT molecular complexity index is 1350. The summed E-state index contributed by atoms with van der Waals surface area (Å²) in [5.74, 6) is -0.281. The van der Waals surface area contributed by atoms with Gasteiger partial charge in [-0.05, 0) is 67.5 Å². The molecule has 3 aromatic carbocycles. The van der Waals surface area contributed by atoms with Crippen molar-refractivity contribution in [3.05, 3.63) is 103 Å². The lowest BCUT2D eigenvalue weighted by Crippen LogP contribution is -2.47. The van der Waals surface area contributed by atoms with Crippen LogP contribution in [0.15, 0.2) is 65.1 Å². The molecule has 1 heterocycles. The van der Waals surface area contributed by atoms with Crippen molar-refractivity contribution in [1.82, 2.24) is 4.90 Å². The summed E-state index contributed by atoms with van der Waals surface area (Å²) in [6.07, 6.45) is 3.22. The molecule has 3 aromatic rings. The van der Waals surface area contributed by atoms with E-state index in [2.05, 4.69) is 22.9 Å². The summed E-state index contributed by atoms with van der Waals surface area (Å²) in [7, 11) is 0. The highest BCUT2D eigenvalue weighted by atomic mass is 79.9. The van der Waals surface area contributed by atoms with Gasteiger partial charge in [-0.15, -0.1) is 0 Å². The molecule has 0 spiro atoms. The lowest BCUT2D eigenvalue weighted by molar-refractivity contribution is -0.125. The predicted molar refractivity (Wildman–Crippen MR) is 146 cm³/mol. The maximum atomic E-state index is 14.1. The number of hydrogen-bond acceptors (Lipinski definition) is 3. The molecule has 1 aliphatic carbocycles. The number of carbonyl (C=O) groups is 2. The molecular weight excluding hydrogens is 561 g/mol. The summed E-state index contributed by atoms with van der Waals surface area (Å²) < 4.78 is 7.72. The van der Waals surface area contributed by atoms with Crippen LogP contribution in [0.4, 0.5) is 0 Å². The molecular formula is C29H26BrCl2NO3. The lowest BCUT2D eigenvalue weighted by Gasteiger charge is -2.40.